The number of benzene rings is 1. The van der Waals surface area contributed by atoms with Crippen LogP contribution in [0.1, 0.15) is 38.8 Å². The molecule has 1 heterocycles. The van der Waals surface area contributed by atoms with E-state index in [4.69, 9.17) is 0 Å². The molecule has 3 atom stereocenters. The molecule has 1 fully saturated rings. The lowest BCUT2D eigenvalue weighted by Crippen LogP contribution is -2.43. The molecule has 2 nitrogen and oxygen atoms in total. The monoisotopic (exact) mass is 264 g/mol. The predicted molar refractivity (Wildman–Crippen MR) is 77.6 cm³/mol. The third-order valence-corrected chi connectivity index (χ3v) is 4.11. The molecule has 0 radical (unpaired) electrons. The van der Waals surface area contributed by atoms with Gasteiger partial charge in [0.25, 0.3) is 0 Å². The summed E-state index contributed by atoms with van der Waals surface area (Å²) in [5, 5.41) is 3.54. The van der Waals surface area contributed by atoms with Gasteiger partial charge in [-0.3, -0.25) is 4.90 Å². The summed E-state index contributed by atoms with van der Waals surface area (Å²) >= 11 is 0. The molecule has 0 amide bonds. The van der Waals surface area contributed by atoms with Crippen LogP contribution in [0.15, 0.2) is 24.3 Å². The fraction of sp³-hybridized carbons (Fsp3) is 0.625. The number of rotatable bonds is 2. The van der Waals surface area contributed by atoms with E-state index in [1.165, 1.54) is 0 Å². The second kappa shape index (κ2) is 6.49. The van der Waals surface area contributed by atoms with Gasteiger partial charge in [-0.1, -0.05) is 25.1 Å². The second-order valence-electron chi connectivity index (χ2n) is 5.90. The van der Waals surface area contributed by atoms with Gasteiger partial charge in [0, 0.05) is 30.7 Å². The predicted octanol–water partition coefficient (Wildman–Crippen LogP) is 3.21. The van der Waals surface area contributed by atoms with Crippen molar-refractivity contribution in [3.63, 3.8) is 0 Å². The van der Waals surface area contributed by atoms with E-state index in [9.17, 15) is 4.39 Å². The summed E-state index contributed by atoms with van der Waals surface area (Å²) in [6.07, 6.45) is 1.12. The van der Waals surface area contributed by atoms with Gasteiger partial charge >= 0.3 is 0 Å². The molecule has 1 aliphatic rings. The molecule has 106 valence electrons. The first kappa shape index (κ1) is 14.5. The zero-order valence-electron chi connectivity index (χ0n) is 12.2. The quantitative estimate of drug-likeness (QED) is 0.882. The maximum atomic E-state index is 13.9. The average molecular weight is 264 g/mol. The van der Waals surface area contributed by atoms with Crippen LogP contribution in [0.4, 0.5) is 4.39 Å². The summed E-state index contributed by atoms with van der Waals surface area (Å²) in [6, 6.07) is 7.83. The Labute approximate surface area is 116 Å². The van der Waals surface area contributed by atoms with Crippen molar-refractivity contribution in [3.05, 3.63) is 35.6 Å². The summed E-state index contributed by atoms with van der Waals surface area (Å²) in [6.45, 7) is 9.69. The molecule has 1 aromatic rings. The van der Waals surface area contributed by atoms with Gasteiger partial charge in [-0.15, -0.1) is 0 Å². The Morgan fingerprint density at radius 3 is 2.79 bits per heavy atom. The lowest BCUT2D eigenvalue weighted by Gasteiger charge is -2.35. The molecule has 19 heavy (non-hydrogen) atoms. The number of nitrogens with zero attached hydrogens (tertiary/aromatic N) is 1. The van der Waals surface area contributed by atoms with Crippen LogP contribution in [-0.4, -0.2) is 30.6 Å². The van der Waals surface area contributed by atoms with Crippen LogP contribution >= 0.6 is 0 Å². The first-order chi connectivity index (χ1) is 9.08. The van der Waals surface area contributed by atoms with Crippen LogP contribution in [0.3, 0.4) is 0 Å². The van der Waals surface area contributed by atoms with Crippen LogP contribution in [0, 0.1) is 11.7 Å². The average Bonchev–Trinajstić information content (AvgIpc) is 2.39. The van der Waals surface area contributed by atoms with E-state index >= 15 is 0 Å². The van der Waals surface area contributed by atoms with Crippen molar-refractivity contribution in [2.75, 3.05) is 19.6 Å². The Morgan fingerprint density at radius 1 is 1.32 bits per heavy atom. The summed E-state index contributed by atoms with van der Waals surface area (Å²) in [5.41, 5.74) is 0.816. The molecule has 0 aliphatic carbocycles. The van der Waals surface area contributed by atoms with Gasteiger partial charge in [0.05, 0.1) is 0 Å². The molecule has 2 rings (SSSR count). The maximum absolute atomic E-state index is 13.9. The lowest BCUT2D eigenvalue weighted by atomic mass is 10.0. The first-order valence-electron chi connectivity index (χ1n) is 7.29. The molecule has 1 aromatic carbocycles. The largest absolute Gasteiger partial charge is 0.314 e. The maximum Gasteiger partial charge on any atom is 0.127 e. The highest BCUT2D eigenvalue weighted by molar-refractivity contribution is 5.20. The molecule has 1 N–H and O–H groups in total. The Hall–Kier alpha value is -0.930. The highest BCUT2D eigenvalue weighted by atomic mass is 19.1. The van der Waals surface area contributed by atoms with E-state index in [1.807, 2.05) is 12.1 Å². The highest BCUT2D eigenvalue weighted by Gasteiger charge is 2.22. The summed E-state index contributed by atoms with van der Waals surface area (Å²) in [4.78, 5) is 2.42. The van der Waals surface area contributed by atoms with Crippen LogP contribution in [0.5, 0.6) is 0 Å². The zero-order chi connectivity index (χ0) is 13.8. The van der Waals surface area contributed by atoms with E-state index in [0.29, 0.717) is 12.0 Å². The smallest absolute Gasteiger partial charge is 0.127 e. The highest BCUT2D eigenvalue weighted by Crippen LogP contribution is 2.24. The Kier molecular flexibility index (Phi) is 4.94. The number of nitrogens with one attached hydrogen (secondary N) is 1. The molecular weight excluding hydrogens is 239 g/mol. The van der Waals surface area contributed by atoms with Crippen molar-refractivity contribution in [2.45, 2.75) is 39.3 Å². The first-order valence-corrected chi connectivity index (χ1v) is 7.29. The number of halogens is 1. The SMILES string of the molecule is CC1CNC(C)CCN(C(C)c2ccccc2F)C1. The van der Waals surface area contributed by atoms with Crippen LogP contribution in [-0.2, 0) is 0 Å². The van der Waals surface area contributed by atoms with E-state index in [0.717, 1.165) is 31.6 Å². The Balaban J connectivity index is 2.12. The standard InChI is InChI=1S/C16H25FN2/c1-12-10-18-13(2)8-9-19(11-12)14(3)15-6-4-5-7-16(15)17/h4-7,12-14,18H,8-11H2,1-3H3. The molecule has 1 aliphatic heterocycles. The molecule has 0 bridgehead atoms. The van der Waals surface area contributed by atoms with Crippen molar-refractivity contribution in [3.8, 4) is 0 Å². The van der Waals surface area contributed by atoms with Crippen LogP contribution in [0.2, 0.25) is 0 Å². The van der Waals surface area contributed by atoms with Crippen molar-refractivity contribution in [2.24, 2.45) is 5.92 Å². The minimum absolute atomic E-state index is 0.0871. The third kappa shape index (κ3) is 3.77. The summed E-state index contributed by atoms with van der Waals surface area (Å²) < 4.78 is 13.9. The normalized spacial score (nSPS) is 27.6. The van der Waals surface area contributed by atoms with Crippen molar-refractivity contribution in [1.82, 2.24) is 10.2 Å². The van der Waals surface area contributed by atoms with Crippen molar-refractivity contribution < 1.29 is 4.39 Å². The molecule has 0 spiro atoms. The number of hydrogen-bond acceptors (Lipinski definition) is 2. The van der Waals surface area contributed by atoms with Crippen molar-refractivity contribution >= 4 is 0 Å². The van der Waals surface area contributed by atoms with Gasteiger partial charge in [0.15, 0.2) is 0 Å². The topological polar surface area (TPSA) is 15.3 Å². The fourth-order valence-corrected chi connectivity index (χ4v) is 2.78. The minimum Gasteiger partial charge on any atom is -0.314 e. The molecule has 3 heteroatoms. The van der Waals surface area contributed by atoms with Gasteiger partial charge in [-0.25, -0.2) is 4.39 Å². The summed E-state index contributed by atoms with van der Waals surface area (Å²) in [5.74, 6) is 0.507. The Morgan fingerprint density at radius 2 is 2.05 bits per heavy atom. The second-order valence-corrected chi connectivity index (χ2v) is 5.90. The summed E-state index contributed by atoms with van der Waals surface area (Å²) in [7, 11) is 0. The molecule has 0 saturated carbocycles. The van der Waals surface area contributed by atoms with Crippen LogP contribution in [0.25, 0.3) is 0 Å². The fourth-order valence-electron chi connectivity index (χ4n) is 2.78. The van der Waals surface area contributed by atoms with Gasteiger partial charge in [-0.2, -0.15) is 0 Å². The van der Waals surface area contributed by atoms with E-state index < -0.39 is 0 Å². The molecule has 1 saturated heterocycles. The van der Waals surface area contributed by atoms with Gasteiger partial charge in [0.2, 0.25) is 0 Å². The van der Waals surface area contributed by atoms with Crippen molar-refractivity contribution in [1.29, 1.82) is 0 Å². The Bertz CT molecular complexity index is 407. The van der Waals surface area contributed by atoms with Gasteiger partial charge in [0.1, 0.15) is 5.82 Å². The zero-order valence-corrected chi connectivity index (χ0v) is 12.2. The van der Waals surface area contributed by atoms with E-state index in [1.54, 1.807) is 12.1 Å². The number of hydrogen-bond donors (Lipinski definition) is 1. The molecule has 0 aromatic heterocycles. The van der Waals surface area contributed by atoms with Gasteiger partial charge in [-0.05, 0) is 38.8 Å². The molecule has 3 unspecified atom stereocenters. The van der Waals surface area contributed by atoms with E-state index in [-0.39, 0.29) is 11.9 Å². The third-order valence-electron chi connectivity index (χ3n) is 4.11. The van der Waals surface area contributed by atoms with Crippen LogP contribution < -0.4 is 5.32 Å². The minimum atomic E-state index is -0.0871. The van der Waals surface area contributed by atoms with Gasteiger partial charge < -0.3 is 5.32 Å². The van der Waals surface area contributed by atoms with E-state index in [2.05, 4.69) is 31.0 Å². The molecular formula is C16H25FN2. The lowest BCUT2D eigenvalue weighted by molar-refractivity contribution is 0.154.